The lowest BCUT2D eigenvalue weighted by Gasteiger charge is -2.41. The van der Waals surface area contributed by atoms with Gasteiger partial charge in [0, 0.05) is 31.6 Å². The first-order valence-corrected chi connectivity index (χ1v) is 9.02. The van der Waals surface area contributed by atoms with Crippen LogP contribution in [0.2, 0.25) is 0 Å². The molecular weight excluding hydrogens is 290 g/mol. The number of hydrogen-bond donors (Lipinski definition) is 1. The van der Waals surface area contributed by atoms with Gasteiger partial charge in [0.25, 0.3) is 0 Å². The molecule has 23 heavy (non-hydrogen) atoms. The van der Waals surface area contributed by atoms with Crippen molar-refractivity contribution in [3.05, 3.63) is 0 Å². The maximum atomic E-state index is 12.6. The number of nitrogens with zero attached hydrogens (tertiary/aromatic N) is 2. The maximum absolute atomic E-state index is 12.6. The van der Waals surface area contributed by atoms with Gasteiger partial charge < -0.3 is 15.0 Å². The van der Waals surface area contributed by atoms with Crippen LogP contribution in [0.4, 0.5) is 4.79 Å². The SMILES string of the molecule is CC(C)(C)OC(=O)N1CCCCC1C1CCCC1NCCC#N. The van der Waals surface area contributed by atoms with Gasteiger partial charge in [-0.15, -0.1) is 0 Å². The Labute approximate surface area is 140 Å². The lowest BCUT2D eigenvalue weighted by atomic mass is 9.87. The number of rotatable bonds is 4. The Morgan fingerprint density at radius 3 is 2.74 bits per heavy atom. The van der Waals surface area contributed by atoms with Gasteiger partial charge in [-0.2, -0.15) is 5.26 Å². The smallest absolute Gasteiger partial charge is 0.410 e. The van der Waals surface area contributed by atoms with Gasteiger partial charge in [0.05, 0.1) is 6.07 Å². The Morgan fingerprint density at radius 2 is 2.04 bits per heavy atom. The molecule has 5 nitrogen and oxygen atoms in total. The molecule has 1 amide bonds. The van der Waals surface area contributed by atoms with Crippen LogP contribution in [0.1, 0.15) is 65.7 Å². The molecule has 0 aromatic carbocycles. The van der Waals surface area contributed by atoms with Crippen LogP contribution >= 0.6 is 0 Å². The lowest BCUT2D eigenvalue weighted by molar-refractivity contribution is -0.0000578. The second kappa shape index (κ2) is 8.01. The molecule has 1 saturated heterocycles. The molecule has 0 aromatic rings. The molecule has 3 atom stereocenters. The van der Waals surface area contributed by atoms with Gasteiger partial charge in [-0.05, 0) is 58.8 Å². The van der Waals surface area contributed by atoms with E-state index in [1.807, 2.05) is 25.7 Å². The molecule has 2 aliphatic rings. The molecule has 0 radical (unpaired) electrons. The van der Waals surface area contributed by atoms with Gasteiger partial charge >= 0.3 is 6.09 Å². The van der Waals surface area contributed by atoms with Crippen LogP contribution in [0.25, 0.3) is 0 Å². The predicted octanol–water partition coefficient (Wildman–Crippen LogP) is 3.45. The van der Waals surface area contributed by atoms with Crippen LogP contribution in [0.5, 0.6) is 0 Å². The highest BCUT2D eigenvalue weighted by Gasteiger charge is 2.40. The third kappa shape index (κ3) is 5.10. The van der Waals surface area contributed by atoms with Crippen molar-refractivity contribution < 1.29 is 9.53 Å². The highest BCUT2D eigenvalue weighted by Crippen LogP contribution is 2.35. The van der Waals surface area contributed by atoms with E-state index in [0.717, 1.165) is 38.8 Å². The number of nitrogens with one attached hydrogen (secondary N) is 1. The third-order valence-electron chi connectivity index (χ3n) is 4.88. The first-order chi connectivity index (χ1) is 10.9. The molecule has 3 unspecified atom stereocenters. The molecule has 130 valence electrons. The number of amides is 1. The summed E-state index contributed by atoms with van der Waals surface area (Å²) in [6.07, 6.45) is 7.21. The van der Waals surface area contributed by atoms with Crippen molar-refractivity contribution in [3.63, 3.8) is 0 Å². The summed E-state index contributed by atoms with van der Waals surface area (Å²) in [6, 6.07) is 2.90. The summed E-state index contributed by atoms with van der Waals surface area (Å²) in [5.41, 5.74) is -0.445. The van der Waals surface area contributed by atoms with E-state index in [1.165, 1.54) is 12.8 Å². The first kappa shape index (κ1) is 18.1. The summed E-state index contributed by atoms with van der Waals surface area (Å²) in [7, 11) is 0. The number of carbonyl (C=O) groups excluding carboxylic acids is 1. The minimum atomic E-state index is -0.445. The van der Waals surface area contributed by atoms with E-state index in [4.69, 9.17) is 10.00 Å². The monoisotopic (exact) mass is 321 g/mol. The van der Waals surface area contributed by atoms with Gasteiger partial charge in [-0.1, -0.05) is 6.42 Å². The van der Waals surface area contributed by atoms with E-state index in [1.54, 1.807) is 0 Å². The van der Waals surface area contributed by atoms with Gasteiger partial charge in [0.15, 0.2) is 0 Å². The number of nitriles is 1. The summed E-state index contributed by atoms with van der Waals surface area (Å²) in [5, 5.41) is 12.3. The summed E-state index contributed by atoms with van der Waals surface area (Å²) in [5.74, 6) is 0.488. The molecule has 1 aliphatic carbocycles. The van der Waals surface area contributed by atoms with Crippen LogP contribution in [-0.4, -0.2) is 41.8 Å². The Balaban J connectivity index is 2.02. The maximum Gasteiger partial charge on any atom is 0.410 e. The summed E-state index contributed by atoms with van der Waals surface area (Å²) in [6.45, 7) is 7.32. The normalized spacial score (nSPS) is 28.4. The van der Waals surface area contributed by atoms with E-state index in [2.05, 4.69) is 11.4 Å². The van der Waals surface area contributed by atoms with Gasteiger partial charge in [-0.3, -0.25) is 0 Å². The summed E-state index contributed by atoms with van der Waals surface area (Å²) in [4.78, 5) is 14.6. The van der Waals surface area contributed by atoms with E-state index < -0.39 is 5.60 Å². The average Bonchev–Trinajstić information content (AvgIpc) is 2.94. The number of piperidine rings is 1. The van der Waals surface area contributed by atoms with Crippen molar-refractivity contribution >= 4 is 6.09 Å². The van der Waals surface area contributed by atoms with E-state index in [-0.39, 0.29) is 12.1 Å². The number of hydrogen-bond acceptors (Lipinski definition) is 4. The van der Waals surface area contributed by atoms with Crippen LogP contribution in [0, 0.1) is 17.2 Å². The zero-order valence-electron chi connectivity index (χ0n) is 14.8. The predicted molar refractivity (Wildman–Crippen MR) is 89.9 cm³/mol. The Morgan fingerprint density at radius 1 is 1.26 bits per heavy atom. The van der Waals surface area contributed by atoms with E-state index in [9.17, 15) is 4.79 Å². The Kier molecular flexibility index (Phi) is 6.29. The van der Waals surface area contributed by atoms with E-state index in [0.29, 0.717) is 18.4 Å². The lowest BCUT2D eigenvalue weighted by Crippen LogP contribution is -2.52. The first-order valence-electron chi connectivity index (χ1n) is 9.02. The summed E-state index contributed by atoms with van der Waals surface area (Å²) >= 11 is 0. The van der Waals surface area contributed by atoms with Crippen molar-refractivity contribution in [2.24, 2.45) is 5.92 Å². The zero-order chi connectivity index (χ0) is 16.9. The molecule has 0 spiro atoms. The van der Waals surface area contributed by atoms with Crippen LogP contribution in [-0.2, 0) is 4.74 Å². The standard InChI is InChI=1S/C18H31N3O2/c1-18(2,3)23-17(22)21-13-5-4-10-16(21)14-8-6-9-15(14)20-12-7-11-19/h14-16,20H,4-10,12-13H2,1-3H3. The fraction of sp³-hybridized carbons (Fsp3) is 0.889. The third-order valence-corrected chi connectivity index (χ3v) is 4.88. The molecule has 5 heteroatoms. The average molecular weight is 321 g/mol. The van der Waals surface area contributed by atoms with Gasteiger partial charge in [-0.25, -0.2) is 4.79 Å². The number of likely N-dealkylation sites (tertiary alicyclic amines) is 1. The van der Waals surface area contributed by atoms with Crippen molar-refractivity contribution in [2.45, 2.75) is 83.4 Å². The highest BCUT2D eigenvalue weighted by molar-refractivity contribution is 5.68. The minimum Gasteiger partial charge on any atom is -0.444 e. The number of ether oxygens (including phenoxy) is 1. The van der Waals surface area contributed by atoms with E-state index >= 15 is 0 Å². The van der Waals surface area contributed by atoms with Crippen molar-refractivity contribution in [1.29, 1.82) is 5.26 Å². The molecular formula is C18H31N3O2. The highest BCUT2D eigenvalue weighted by atomic mass is 16.6. The van der Waals surface area contributed by atoms with Crippen LogP contribution in [0.3, 0.4) is 0 Å². The van der Waals surface area contributed by atoms with Crippen molar-refractivity contribution in [1.82, 2.24) is 10.2 Å². The van der Waals surface area contributed by atoms with Crippen molar-refractivity contribution in [2.75, 3.05) is 13.1 Å². The molecule has 2 fully saturated rings. The Bertz CT molecular complexity index is 439. The zero-order valence-corrected chi connectivity index (χ0v) is 14.8. The quantitative estimate of drug-likeness (QED) is 0.805. The fourth-order valence-electron chi connectivity index (χ4n) is 3.97. The van der Waals surface area contributed by atoms with Gasteiger partial charge in [0.2, 0.25) is 0 Å². The van der Waals surface area contributed by atoms with Crippen LogP contribution in [0.15, 0.2) is 0 Å². The largest absolute Gasteiger partial charge is 0.444 e. The molecule has 1 N–H and O–H groups in total. The molecule has 0 aromatic heterocycles. The van der Waals surface area contributed by atoms with Crippen molar-refractivity contribution in [3.8, 4) is 6.07 Å². The Hall–Kier alpha value is -1.28. The molecule has 1 aliphatic heterocycles. The second-order valence-electron chi connectivity index (χ2n) is 7.80. The van der Waals surface area contributed by atoms with Gasteiger partial charge in [0.1, 0.15) is 5.60 Å². The van der Waals surface area contributed by atoms with Crippen LogP contribution < -0.4 is 5.32 Å². The molecule has 2 rings (SSSR count). The molecule has 1 heterocycles. The second-order valence-corrected chi connectivity index (χ2v) is 7.80. The topological polar surface area (TPSA) is 65.4 Å². The molecule has 0 bridgehead atoms. The number of carbonyl (C=O) groups is 1. The summed E-state index contributed by atoms with van der Waals surface area (Å²) < 4.78 is 5.62. The minimum absolute atomic E-state index is 0.162. The fourth-order valence-corrected chi connectivity index (χ4v) is 3.97. The molecule has 1 saturated carbocycles.